The monoisotopic (exact) mass is 675 g/mol. The molecule has 2 aromatic carbocycles. The number of hydrogen-bond acceptors (Lipinski definition) is 7. The summed E-state index contributed by atoms with van der Waals surface area (Å²) in [6.45, 7) is 9.07. The highest BCUT2D eigenvalue weighted by Crippen LogP contribution is 2.37. The van der Waals surface area contributed by atoms with E-state index in [-0.39, 0.29) is 23.9 Å². The lowest BCUT2D eigenvalue weighted by molar-refractivity contribution is -0.140. The number of carbonyl (C=O) groups is 3. The van der Waals surface area contributed by atoms with E-state index in [0.717, 1.165) is 49.2 Å². The van der Waals surface area contributed by atoms with Crippen LogP contribution in [0.4, 0.5) is 4.79 Å². The van der Waals surface area contributed by atoms with Gasteiger partial charge in [-0.15, -0.1) is 0 Å². The van der Waals surface area contributed by atoms with Gasteiger partial charge in [0.2, 0.25) is 11.8 Å². The van der Waals surface area contributed by atoms with Gasteiger partial charge in [0.05, 0.1) is 13.1 Å². The highest BCUT2D eigenvalue weighted by atomic mass is 35.5. The van der Waals surface area contributed by atoms with E-state index in [1.54, 1.807) is 24.8 Å². The predicted octanol–water partition coefficient (Wildman–Crippen LogP) is 4.48. The second-order valence-electron chi connectivity index (χ2n) is 14.3. The number of fused-ring (bicyclic) bond motifs is 1. The molecule has 0 radical (unpaired) electrons. The molecule has 1 N–H and O–H groups in total. The Bertz CT molecular complexity index is 1580. The molecule has 11 nitrogen and oxygen atoms in total. The number of amides is 3. The van der Waals surface area contributed by atoms with Gasteiger partial charge in [0.25, 0.3) is 0 Å². The van der Waals surface area contributed by atoms with Crippen molar-refractivity contribution in [2.24, 2.45) is 0 Å². The SMILES string of the molecule is CC(C)(C)OC(=O)N1Cc2ccccc2C[C@@H]1C(=O)N[C@H](Cc1ccc(Cl)cc1)C(=O)N1CCN(C2(Cn3cncn3)CCCC2)CC1. The maximum atomic E-state index is 14.3. The van der Waals surface area contributed by atoms with Gasteiger partial charge in [-0.2, -0.15) is 5.10 Å². The molecule has 3 aromatic rings. The van der Waals surface area contributed by atoms with Gasteiger partial charge in [0, 0.05) is 49.6 Å². The number of nitrogens with one attached hydrogen (secondary N) is 1. The number of ether oxygens (including phenoxy) is 1. The van der Waals surface area contributed by atoms with Crippen molar-refractivity contribution in [2.45, 2.75) is 95.6 Å². The summed E-state index contributed by atoms with van der Waals surface area (Å²) in [6, 6.07) is 13.5. The van der Waals surface area contributed by atoms with Crippen molar-refractivity contribution in [2.75, 3.05) is 26.2 Å². The molecular weight excluding hydrogens is 630 g/mol. The van der Waals surface area contributed by atoms with Crippen molar-refractivity contribution in [3.63, 3.8) is 0 Å². The van der Waals surface area contributed by atoms with Crippen LogP contribution in [0.2, 0.25) is 5.02 Å². The molecule has 3 aliphatic rings. The molecule has 3 heterocycles. The van der Waals surface area contributed by atoms with Gasteiger partial charge in [-0.1, -0.05) is 60.8 Å². The summed E-state index contributed by atoms with van der Waals surface area (Å²) >= 11 is 6.17. The number of benzene rings is 2. The Morgan fingerprint density at radius 1 is 1.00 bits per heavy atom. The summed E-state index contributed by atoms with van der Waals surface area (Å²) in [6.07, 6.45) is 7.96. The number of piperazine rings is 1. The zero-order valence-electron chi connectivity index (χ0n) is 28.1. The van der Waals surface area contributed by atoms with Crippen molar-refractivity contribution in [3.05, 3.63) is 82.9 Å². The van der Waals surface area contributed by atoms with Gasteiger partial charge in [-0.05, 0) is 62.4 Å². The van der Waals surface area contributed by atoms with E-state index in [1.807, 2.05) is 66.8 Å². The molecule has 2 aliphatic heterocycles. The molecule has 1 aliphatic carbocycles. The van der Waals surface area contributed by atoms with Crippen LogP contribution in [0.15, 0.2) is 61.2 Å². The molecule has 0 unspecified atom stereocenters. The molecular formula is C36H46ClN7O4. The standard InChI is InChI=1S/C36H46ClN7O4/c1-35(2,3)48-34(47)44-22-28-9-5-4-8-27(28)21-31(44)32(45)40-30(20-26-10-12-29(37)13-11-26)33(46)41-16-18-42(19-17-41)36(14-6-7-15-36)23-43-25-38-24-39-43/h4-5,8-13,24-25,30-31H,6-7,14-23H2,1-3H3,(H,40,45)/t30-,31-/m1/s1. The van der Waals surface area contributed by atoms with Crippen molar-refractivity contribution < 1.29 is 19.1 Å². The quantitative estimate of drug-likeness (QED) is 0.375. The van der Waals surface area contributed by atoms with Crippen molar-refractivity contribution in [1.82, 2.24) is 34.8 Å². The van der Waals surface area contributed by atoms with Crippen LogP contribution in [0, 0.1) is 0 Å². The molecule has 2 fully saturated rings. The smallest absolute Gasteiger partial charge is 0.411 e. The number of aromatic nitrogens is 3. The highest BCUT2D eigenvalue weighted by Gasteiger charge is 2.43. The fourth-order valence-electron chi connectivity index (χ4n) is 7.44. The van der Waals surface area contributed by atoms with Gasteiger partial charge < -0.3 is 15.0 Å². The molecule has 3 amide bonds. The van der Waals surface area contributed by atoms with E-state index in [4.69, 9.17) is 16.3 Å². The van der Waals surface area contributed by atoms with Crippen LogP contribution >= 0.6 is 11.6 Å². The molecule has 2 atom stereocenters. The Morgan fingerprint density at radius 2 is 1.69 bits per heavy atom. The van der Waals surface area contributed by atoms with Gasteiger partial charge >= 0.3 is 6.09 Å². The molecule has 1 saturated heterocycles. The van der Waals surface area contributed by atoms with Gasteiger partial charge in [-0.25, -0.2) is 9.78 Å². The summed E-state index contributed by atoms with van der Waals surface area (Å²) in [7, 11) is 0. The second kappa shape index (κ2) is 14.3. The zero-order chi connectivity index (χ0) is 33.9. The van der Waals surface area contributed by atoms with Crippen LogP contribution in [0.1, 0.15) is 63.1 Å². The van der Waals surface area contributed by atoms with E-state index in [0.29, 0.717) is 31.0 Å². The Morgan fingerprint density at radius 3 is 2.33 bits per heavy atom. The first-order valence-corrected chi connectivity index (χ1v) is 17.3. The van der Waals surface area contributed by atoms with E-state index >= 15 is 0 Å². The molecule has 0 bridgehead atoms. The van der Waals surface area contributed by atoms with Gasteiger partial charge in [0.15, 0.2) is 0 Å². The number of rotatable bonds is 8. The topological polar surface area (TPSA) is 113 Å². The molecule has 1 saturated carbocycles. The third-order valence-electron chi connectivity index (χ3n) is 9.87. The van der Waals surface area contributed by atoms with Gasteiger partial charge in [0.1, 0.15) is 30.3 Å². The predicted molar refractivity (Wildman–Crippen MR) is 182 cm³/mol. The first-order valence-electron chi connectivity index (χ1n) is 17.0. The summed E-state index contributed by atoms with van der Waals surface area (Å²) in [5.74, 6) is -0.506. The highest BCUT2D eigenvalue weighted by molar-refractivity contribution is 6.30. The minimum atomic E-state index is -0.828. The Kier molecular flexibility index (Phi) is 10.1. The Hall–Kier alpha value is -3.96. The normalized spacial score (nSPS) is 20.2. The first-order chi connectivity index (χ1) is 23.0. The van der Waals surface area contributed by atoms with E-state index in [1.165, 1.54) is 17.7 Å². The van der Waals surface area contributed by atoms with Gasteiger partial charge in [-0.3, -0.25) is 24.1 Å². The van der Waals surface area contributed by atoms with Crippen LogP contribution < -0.4 is 5.32 Å². The van der Waals surface area contributed by atoms with E-state index < -0.39 is 23.8 Å². The average molecular weight is 676 g/mol. The Balaban J connectivity index is 1.20. The maximum absolute atomic E-state index is 14.3. The van der Waals surface area contributed by atoms with Crippen LogP contribution in [0.25, 0.3) is 0 Å². The first kappa shape index (κ1) is 33.9. The minimum Gasteiger partial charge on any atom is -0.444 e. The summed E-state index contributed by atoms with van der Waals surface area (Å²) in [4.78, 5) is 51.9. The lowest BCUT2D eigenvalue weighted by Crippen LogP contribution is -2.62. The van der Waals surface area contributed by atoms with Crippen LogP contribution in [0.3, 0.4) is 0 Å². The lowest BCUT2D eigenvalue weighted by atomic mass is 9.93. The van der Waals surface area contributed by atoms with Crippen LogP contribution in [-0.4, -0.2) is 96.8 Å². The average Bonchev–Trinajstić information content (AvgIpc) is 3.77. The Labute approximate surface area is 287 Å². The molecule has 0 spiro atoms. The number of halogens is 1. The van der Waals surface area contributed by atoms with Crippen molar-refractivity contribution >= 4 is 29.5 Å². The summed E-state index contributed by atoms with van der Waals surface area (Å²) < 4.78 is 7.65. The maximum Gasteiger partial charge on any atom is 0.411 e. The molecule has 1 aromatic heterocycles. The number of nitrogens with zero attached hydrogens (tertiary/aromatic N) is 6. The largest absolute Gasteiger partial charge is 0.444 e. The second-order valence-corrected chi connectivity index (χ2v) is 14.8. The fraction of sp³-hybridized carbons (Fsp3) is 0.528. The van der Waals surface area contributed by atoms with E-state index in [2.05, 4.69) is 20.3 Å². The molecule has 48 heavy (non-hydrogen) atoms. The number of hydrogen-bond donors (Lipinski definition) is 1. The fourth-order valence-corrected chi connectivity index (χ4v) is 7.56. The zero-order valence-corrected chi connectivity index (χ0v) is 28.9. The van der Waals surface area contributed by atoms with Crippen LogP contribution in [0.5, 0.6) is 0 Å². The molecule has 256 valence electrons. The molecule has 12 heteroatoms. The summed E-state index contributed by atoms with van der Waals surface area (Å²) in [5, 5.41) is 8.06. The minimum absolute atomic E-state index is 0.00214. The van der Waals surface area contributed by atoms with E-state index in [9.17, 15) is 14.4 Å². The van der Waals surface area contributed by atoms with Crippen molar-refractivity contribution in [1.29, 1.82) is 0 Å². The summed E-state index contributed by atoms with van der Waals surface area (Å²) in [5.41, 5.74) is 2.13. The third kappa shape index (κ3) is 7.84. The lowest BCUT2D eigenvalue weighted by Gasteiger charge is -2.46. The van der Waals surface area contributed by atoms with Crippen molar-refractivity contribution in [3.8, 4) is 0 Å². The molecule has 6 rings (SSSR count). The van der Waals surface area contributed by atoms with Crippen LogP contribution in [-0.2, 0) is 40.3 Å². The number of carbonyl (C=O) groups excluding carboxylic acids is 3. The third-order valence-corrected chi connectivity index (χ3v) is 10.1.